The molecule has 14 heavy (non-hydrogen) atoms. The van der Waals surface area contributed by atoms with Gasteiger partial charge < -0.3 is 14.7 Å². The average molecular weight is 201 g/mol. The van der Waals surface area contributed by atoms with E-state index < -0.39 is 6.29 Å². The molecule has 1 amide bonds. The third kappa shape index (κ3) is 3.64. The van der Waals surface area contributed by atoms with Gasteiger partial charge in [-0.15, -0.1) is 0 Å². The maximum absolute atomic E-state index is 11.5. The van der Waals surface area contributed by atoms with Crippen LogP contribution in [0.5, 0.6) is 0 Å². The van der Waals surface area contributed by atoms with Crippen molar-refractivity contribution in [3.05, 3.63) is 0 Å². The van der Waals surface area contributed by atoms with Crippen LogP contribution in [0.1, 0.15) is 32.1 Å². The second-order valence-electron chi connectivity index (χ2n) is 3.67. The Morgan fingerprint density at radius 3 is 3.00 bits per heavy atom. The highest BCUT2D eigenvalue weighted by Gasteiger charge is 2.16. The fourth-order valence-corrected chi connectivity index (χ4v) is 1.66. The standard InChI is InChI=1S/C10H19NO3/c1-14-10(13)6-8-11-7-4-2-3-5-9(11)12/h10,13H,2-8H2,1H3. The number of methoxy groups -OCH3 is 1. The first-order valence-electron chi connectivity index (χ1n) is 5.22. The third-order valence-corrected chi connectivity index (χ3v) is 2.59. The number of aliphatic hydroxyl groups excluding tert-OH is 1. The molecule has 0 aromatic carbocycles. The number of hydrogen-bond acceptors (Lipinski definition) is 3. The van der Waals surface area contributed by atoms with Crippen molar-refractivity contribution in [3.63, 3.8) is 0 Å². The van der Waals surface area contributed by atoms with E-state index in [0.29, 0.717) is 19.4 Å². The number of likely N-dealkylation sites (tertiary alicyclic amines) is 1. The van der Waals surface area contributed by atoms with Crippen molar-refractivity contribution in [2.24, 2.45) is 0 Å². The summed E-state index contributed by atoms with van der Waals surface area (Å²) in [5.41, 5.74) is 0. The van der Waals surface area contributed by atoms with Crippen LogP contribution in [0.3, 0.4) is 0 Å². The second-order valence-corrected chi connectivity index (χ2v) is 3.67. The molecule has 0 aromatic heterocycles. The summed E-state index contributed by atoms with van der Waals surface area (Å²) in [5.74, 6) is 0.214. The van der Waals surface area contributed by atoms with Gasteiger partial charge in [0.2, 0.25) is 5.91 Å². The number of amides is 1. The Bertz CT molecular complexity index is 184. The first-order chi connectivity index (χ1) is 6.74. The first-order valence-corrected chi connectivity index (χ1v) is 5.22. The van der Waals surface area contributed by atoms with Crippen LogP contribution in [-0.2, 0) is 9.53 Å². The molecule has 1 fully saturated rings. The molecule has 1 aliphatic heterocycles. The lowest BCUT2D eigenvalue weighted by Crippen LogP contribution is -2.33. The largest absolute Gasteiger partial charge is 0.368 e. The van der Waals surface area contributed by atoms with E-state index in [9.17, 15) is 9.90 Å². The summed E-state index contributed by atoms with van der Waals surface area (Å²) in [6, 6.07) is 0. The molecule has 4 heteroatoms. The Hall–Kier alpha value is -0.610. The number of rotatable bonds is 4. The predicted molar refractivity (Wildman–Crippen MR) is 52.7 cm³/mol. The molecular weight excluding hydrogens is 182 g/mol. The zero-order chi connectivity index (χ0) is 10.4. The quantitative estimate of drug-likeness (QED) is 0.683. The second kappa shape index (κ2) is 5.98. The van der Waals surface area contributed by atoms with E-state index in [2.05, 4.69) is 0 Å². The summed E-state index contributed by atoms with van der Waals surface area (Å²) in [6.07, 6.45) is 3.63. The van der Waals surface area contributed by atoms with Crippen molar-refractivity contribution in [1.82, 2.24) is 4.90 Å². The topological polar surface area (TPSA) is 49.8 Å². The van der Waals surface area contributed by atoms with Gasteiger partial charge in [-0.05, 0) is 12.8 Å². The lowest BCUT2D eigenvalue weighted by molar-refractivity contribution is -0.132. The number of nitrogens with zero attached hydrogens (tertiary/aromatic N) is 1. The van der Waals surface area contributed by atoms with Gasteiger partial charge in [0.05, 0.1) is 0 Å². The molecule has 1 rings (SSSR count). The SMILES string of the molecule is COC(O)CCN1CCCCCC1=O. The minimum Gasteiger partial charge on any atom is -0.368 e. The summed E-state index contributed by atoms with van der Waals surface area (Å²) >= 11 is 0. The van der Waals surface area contributed by atoms with E-state index in [1.54, 1.807) is 0 Å². The normalized spacial score (nSPS) is 20.7. The van der Waals surface area contributed by atoms with Gasteiger partial charge in [0.1, 0.15) is 0 Å². The van der Waals surface area contributed by atoms with Crippen molar-refractivity contribution in [2.75, 3.05) is 20.2 Å². The smallest absolute Gasteiger partial charge is 0.222 e. The van der Waals surface area contributed by atoms with Crippen LogP contribution in [0.4, 0.5) is 0 Å². The van der Waals surface area contributed by atoms with Crippen LogP contribution in [0, 0.1) is 0 Å². The Morgan fingerprint density at radius 1 is 1.50 bits per heavy atom. The summed E-state index contributed by atoms with van der Waals surface area (Å²) in [6.45, 7) is 1.43. The molecule has 1 N–H and O–H groups in total. The van der Waals surface area contributed by atoms with Gasteiger partial charge in [-0.2, -0.15) is 0 Å². The van der Waals surface area contributed by atoms with Crippen molar-refractivity contribution < 1.29 is 14.6 Å². The minimum atomic E-state index is -0.744. The Morgan fingerprint density at radius 2 is 2.29 bits per heavy atom. The average Bonchev–Trinajstić information content (AvgIpc) is 2.39. The molecule has 82 valence electrons. The molecule has 0 saturated carbocycles. The van der Waals surface area contributed by atoms with E-state index in [4.69, 9.17) is 4.74 Å². The number of aliphatic hydroxyl groups is 1. The molecular formula is C10H19NO3. The van der Waals surface area contributed by atoms with Crippen LogP contribution in [0.15, 0.2) is 0 Å². The number of carbonyl (C=O) groups excluding carboxylic acids is 1. The Kier molecular flexibility index (Phi) is 4.90. The highest BCUT2D eigenvalue weighted by atomic mass is 16.6. The maximum atomic E-state index is 11.5. The molecule has 0 radical (unpaired) electrons. The molecule has 1 aliphatic rings. The molecule has 0 aliphatic carbocycles. The van der Waals surface area contributed by atoms with E-state index in [1.807, 2.05) is 4.90 Å². The Balaban J connectivity index is 2.29. The fourth-order valence-electron chi connectivity index (χ4n) is 1.66. The van der Waals surface area contributed by atoms with E-state index in [1.165, 1.54) is 7.11 Å². The van der Waals surface area contributed by atoms with Crippen LogP contribution in [0.25, 0.3) is 0 Å². The molecule has 1 unspecified atom stereocenters. The van der Waals surface area contributed by atoms with Crippen molar-refractivity contribution in [1.29, 1.82) is 0 Å². The van der Waals surface area contributed by atoms with E-state index in [0.717, 1.165) is 25.8 Å². The molecule has 0 aromatic rings. The zero-order valence-electron chi connectivity index (χ0n) is 8.74. The molecule has 1 heterocycles. The highest BCUT2D eigenvalue weighted by molar-refractivity contribution is 5.76. The summed E-state index contributed by atoms with van der Waals surface area (Å²) in [7, 11) is 1.47. The van der Waals surface area contributed by atoms with Gasteiger partial charge in [-0.3, -0.25) is 4.79 Å². The zero-order valence-corrected chi connectivity index (χ0v) is 8.74. The predicted octanol–water partition coefficient (Wildman–Crippen LogP) is 0.744. The molecule has 1 saturated heterocycles. The first kappa shape index (κ1) is 11.5. The maximum Gasteiger partial charge on any atom is 0.222 e. The van der Waals surface area contributed by atoms with Crippen LogP contribution < -0.4 is 0 Å². The van der Waals surface area contributed by atoms with Crippen LogP contribution >= 0.6 is 0 Å². The molecule has 0 bridgehead atoms. The van der Waals surface area contributed by atoms with E-state index >= 15 is 0 Å². The Labute approximate surface area is 84.8 Å². The summed E-state index contributed by atoms with van der Waals surface area (Å²) < 4.78 is 4.73. The number of hydrogen-bond donors (Lipinski definition) is 1. The van der Waals surface area contributed by atoms with E-state index in [-0.39, 0.29) is 5.91 Å². The van der Waals surface area contributed by atoms with Gasteiger partial charge >= 0.3 is 0 Å². The van der Waals surface area contributed by atoms with Crippen molar-refractivity contribution in [2.45, 2.75) is 38.4 Å². The van der Waals surface area contributed by atoms with Crippen molar-refractivity contribution >= 4 is 5.91 Å². The van der Waals surface area contributed by atoms with Gasteiger partial charge in [-0.25, -0.2) is 0 Å². The number of carbonyl (C=O) groups is 1. The molecule has 0 spiro atoms. The van der Waals surface area contributed by atoms with Crippen LogP contribution in [0.2, 0.25) is 0 Å². The van der Waals surface area contributed by atoms with Gasteiger partial charge in [0.15, 0.2) is 6.29 Å². The third-order valence-electron chi connectivity index (χ3n) is 2.59. The molecule has 4 nitrogen and oxygen atoms in total. The fraction of sp³-hybridized carbons (Fsp3) is 0.900. The van der Waals surface area contributed by atoms with Gasteiger partial charge in [0.25, 0.3) is 0 Å². The lowest BCUT2D eigenvalue weighted by atomic mass is 10.2. The lowest BCUT2D eigenvalue weighted by Gasteiger charge is -2.21. The number of ether oxygens (including phenoxy) is 1. The van der Waals surface area contributed by atoms with Gasteiger partial charge in [0, 0.05) is 33.0 Å². The van der Waals surface area contributed by atoms with Crippen molar-refractivity contribution in [3.8, 4) is 0 Å². The van der Waals surface area contributed by atoms with Crippen LogP contribution in [-0.4, -0.2) is 42.4 Å². The van der Waals surface area contributed by atoms with Gasteiger partial charge in [-0.1, -0.05) is 6.42 Å². The summed E-state index contributed by atoms with van der Waals surface area (Å²) in [4.78, 5) is 13.3. The monoisotopic (exact) mass is 201 g/mol. The summed E-state index contributed by atoms with van der Waals surface area (Å²) in [5, 5.41) is 9.18. The molecule has 1 atom stereocenters. The minimum absolute atomic E-state index is 0.214. The highest BCUT2D eigenvalue weighted by Crippen LogP contribution is 2.11.